The van der Waals surface area contributed by atoms with Crippen molar-refractivity contribution < 1.29 is 9.45 Å². The number of non-ortho nitro benzene ring substituents is 1. The van der Waals surface area contributed by atoms with Gasteiger partial charge in [0.15, 0.2) is 0 Å². The second-order valence-corrected chi connectivity index (χ2v) is 4.67. The number of benzene rings is 2. The molecule has 0 saturated heterocycles. The van der Waals surface area contributed by atoms with Crippen LogP contribution in [-0.2, 0) is 0 Å². The van der Waals surface area contributed by atoms with E-state index in [0.29, 0.717) is 22.3 Å². The summed E-state index contributed by atoms with van der Waals surface area (Å²) in [4.78, 5) is 14.4. The van der Waals surface area contributed by atoms with Crippen LogP contribution in [0.5, 0.6) is 0 Å². The Labute approximate surface area is 124 Å². The van der Waals surface area contributed by atoms with Gasteiger partial charge in [-0.25, -0.2) is 0 Å². The maximum atomic E-state index is 10.6. The Morgan fingerprint density at radius 3 is 2.52 bits per heavy atom. The fourth-order valence-electron chi connectivity index (χ4n) is 1.81. The zero-order chi connectivity index (χ0) is 14.8. The van der Waals surface area contributed by atoms with Crippen molar-refractivity contribution in [3.63, 3.8) is 0 Å². The highest BCUT2D eigenvalue weighted by Gasteiger charge is 2.12. The average Bonchev–Trinajstić information content (AvgIpc) is 2.97. The summed E-state index contributed by atoms with van der Waals surface area (Å²) in [7, 11) is 0. The summed E-state index contributed by atoms with van der Waals surface area (Å²) in [6.07, 6.45) is 0. The molecule has 1 heterocycles. The number of rotatable bonds is 3. The van der Waals surface area contributed by atoms with Crippen LogP contribution in [0.2, 0.25) is 5.02 Å². The lowest BCUT2D eigenvalue weighted by molar-refractivity contribution is -0.384. The van der Waals surface area contributed by atoms with Crippen LogP contribution in [0.25, 0.3) is 22.8 Å². The van der Waals surface area contributed by atoms with Crippen molar-refractivity contribution in [1.82, 2.24) is 10.1 Å². The van der Waals surface area contributed by atoms with Crippen LogP contribution < -0.4 is 0 Å². The summed E-state index contributed by atoms with van der Waals surface area (Å²) in [6, 6.07) is 13.0. The van der Waals surface area contributed by atoms with Gasteiger partial charge in [-0.05, 0) is 24.3 Å². The van der Waals surface area contributed by atoms with E-state index in [1.54, 1.807) is 30.3 Å². The highest BCUT2D eigenvalue weighted by molar-refractivity contribution is 6.30. The van der Waals surface area contributed by atoms with Crippen molar-refractivity contribution in [3.05, 3.63) is 63.7 Å². The van der Waals surface area contributed by atoms with Crippen LogP contribution in [0.1, 0.15) is 0 Å². The molecule has 21 heavy (non-hydrogen) atoms. The van der Waals surface area contributed by atoms with E-state index in [-0.39, 0.29) is 5.69 Å². The van der Waals surface area contributed by atoms with Crippen LogP contribution >= 0.6 is 11.6 Å². The number of hydrogen-bond donors (Lipinski definition) is 0. The average molecular weight is 302 g/mol. The summed E-state index contributed by atoms with van der Waals surface area (Å²) in [6.45, 7) is 0. The molecule has 0 unspecified atom stereocenters. The number of halogens is 1. The highest BCUT2D eigenvalue weighted by Crippen LogP contribution is 2.25. The van der Waals surface area contributed by atoms with Gasteiger partial charge in [0.1, 0.15) is 0 Å². The minimum atomic E-state index is -0.463. The third-order valence-corrected chi connectivity index (χ3v) is 3.07. The Morgan fingerprint density at radius 2 is 1.86 bits per heavy atom. The summed E-state index contributed by atoms with van der Waals surface area (Å²) in [5, 5.41) is 15.1. The van der Waals surface area contributed by atoms with E-state index in [1.165, 1.54) is 12.1 Å². The molecule has 0 radical (unpaired) electrons. The molecule has 3 aromatic rings. The number of nitro benzene ring substituents is 1. The number of aromatic nitrogens is 2. The first-order valence-corrected chi connectivity index (χ1v) is 6.36. The van der Waals surface area contributed by atoms with Gasteiger partial charge in [0.2, 0.25) is 5.82 Å². The fourth-order valence-corrected chi connectivity index (χ4v) is 2.00. The molecule has 0 bridgehead atoms. The topological polar surface area (TPSA) is 82.1 Å². The van der Waals surface area contributed by atoms with Crippen molar-refractivity contribution in [2.24, 2.45) is 0 Å². The van der Waals surface area contributed by atoms with Crippen molar-refractivity contribution in [3.8, 4) is 22.8 Å². The van der Waals surface area contributed by atoms with Gasteiger partial charge < -0.3 is 4.52 Å². The molecule has 0 aliphatic rings. The first-order chi connectivity index (χ1) is 10.1. The Kier molecular flexibility index (Phi) is 3.37. The predicted molar refractivity (Wildman–Crippen MR) is 76.8 cm³/mol. The molecule has 6 nitrogen and oxygen atoms in total. The van der Waals surface area contributed by atoms with Gasteiger partial charge in [-0.2, -0.15) is 4.98 Å². The van der Waals surface area contributed by atoms with Crippen molar-refractivity contribution in [1.29, 1.82) is 0 Å². The zero-order valence-electron chi connectivity index (χ0n) is 10.6. The number of nitrogens with zero attached hydrogens (tertiary/aromatic N) is 3. The molecule has 1 aromatic heterocycles. The van der Waals surface area contributed by atoms with Crippen LogP contribution in [0.4, 0.5) is 5.69 Å². The van der Waals surface area contributed by atoms with E-state index in [2.05, 4.69) is 10.1 Å². The second kappa shape index (κ2) is 5.34. The quantitative estimate of drug-likeness (QED) is 0.540. The summed E-state index contributed by atoms with van der Waals surface area (Å²) in [5.41, 5.74) is 1.36. The largest absolute Gasteiger partial charge is 0.334 e. The van der Waals surface area contributed by atoms with Crippen molar-refractivity contribution >= 4 is 17.3 Å². The first kappa shape index (κ1) is 13.3. The van der Waals surface area contributed by atoms with Gasteiger partial charge in [0, 0.05) is 28.3 Å². The zero-order valence-corrected chi connectivity index (χ0v) is 11.3. The van der Waals surface area contributed by atoms with E-state index < -0.39 is 4.92 Å². The molecule has 0 aliphatic carbocycles. The van der Waals surface area contributed by atoms with E-state index in [4.69, 9.17) is 16.1 Å². The third kappa shape index (κ3) is 2.75. The molecular weight excluding hydrogens is 294 g/mol. The molecule has 0 atom stereocenters. The Hall–Kier alpha value is -2.73. The van der Waals surface area contributed by atoms with E-state index in [1.807, 2.05) is 6.07 Å². The number of hydrogen-bond acceptors (Lipinski definition) is 5. The Balaban J connectivity index is 1.93. The monoisotopic (exact) mass is 301 g/mol. The molecule has 7 heteroatoms. The van der Waals surface area contributed by atoms with E-state index >= 15 is 0 Å². The molecule has 0 amide bonds. The van der Waals surface area contributed by atoms with Crippen LogP contribution in [0, 0.1) is 10.1 Å². The normalized spacial score (nSPS) is 10.5. The number of nitro groups is 1. The molecule has 0 spiro atoms. The van der Waals surface area contributed by atoms with Crippen molar-refractivity contribution in [2.75, 3.05) is 0 Å². The molecule has 0 saturated carbocycles. The van der Waals surface area contributed by atoms with Crippen LogP contribution in [0.3, 0.4) is 0 Å². The molecule has 3 rings (SSSR count). The van der Waals surface area contributed by atoms with Gasteiger partial charge in [0.05, 0.1) is 4.92 Å². The van der Waals surface area contributed by atoms with Gasteiger partial charge in [-0.3, -0.25) is 10.1 Å². The molecule has 104 valence electrons. The lowest BCUT2D eigenvalue weighted by atomic mass is 10.2. The fraction of sp³-hybridized carbons (Fsp3) is 0. The predicted octanol–water partition coefficient (Wildman–Crippen LogP) is 3.97. The third-order valence-electron chi connectivity index (χ3n) is 2.83. The molecule has 0 fully saturated rings. The smallest absolute Gasteiger partial charge is 0.269 e. The molecular formula is C14H8ClN3O3. The molecule has 0 N–H and O–H groups in total. The molecule has 2 aromatic carbocycles. The van der Waals surface area contributed by atoms with E-state index in [9.17, 15) is 10.1 Å². The van der Waals surface area contributed by atoms with Crippen molar-refractivity contribution in [2.45, 2.75) is 0 Å². The summed E-state index contributed by atoms with van der Waals surface area (Å²) >= 11 is 5.92. The van der Waals surface area contributed by atoms with Gasteiger partial charge in [-0.15, -0.1) is 0 Å². The maximum Gasteiger partial charge on any atom is 0.269 e. The first-order valence-electron chi connectivity index (χ1n) is 5.98. The Bertz CT molecular complexity index is 799. The van der Waals surface area contributed by atoms with Gasteiger partial charge in [0.25, 0.3) is 11.6 Å². The van der Waals surface area contributed by atoms with E-state index in [0.717, 1.165) is 5.56 Å². The Morgan fingerprint density at radius 1 is 1.10 bits per heavy atom. The maximum absolute atomic E-state index is 10.6. The van der Waals surface area contributed by atoms with Gasteiger partial charge in [-0.1, -0.05) is 28.9 Å². The minimum Gasteiger partial charge on any atom is -0.334 e. The lowest BCUT2D eigenvalue weighted by Gasteiger charge is -1.94. The van der Waals surface area contributed by atoms with Gasteiger partial charge >= 0.3 is 0 Å². The summed E-state index contributed by atoms with van der Waals surface area (Å²) < 4.78 is 5.17. The highest BCUT2D eigenvalue weighted by atomic mass is 35.5. The molecule has 0 aliphatic heterocycles. The lowest BCUT2D eigenvalue weighted by Crippen LogP contribution is -1.87. The minimum absolute atomic E-state index is 0.00771. The SMILES string of the molecule is O=[N+]([O-])c1ccc(-c2nc(-c3cccc(Cl)c3)no2)cc1. The van der Waals surface area contributed by atoms with Crippen LogP contribution in [0.15, 0.2) is 53.1 Å². The second-order valence-electron chi connectivity index (χ2n) is 4.24. The van der Waals surface area contributed by atoms with Crippen LogP contribution in [-0.4, -0.2) is 15.1 Å². The summed E-state index contributed by atoms with van der Waals surface area (Å²) in [5.74, 6) is 0.700. The standard InChI is InChI=1S/C14H8ClN3O3/c15-11-3-1-2-10(8-11)13-16-14(21-17-13)9-4-6-12(7-5-9)18(19)20/h1-8H.